The lowest BCUT2D eigenvalue weighted by Gasteiger charge is -2.18. The van der Waals surface area contributed by atoms with Crippen molar-refractivity contribution < 1.29 is 28.6 Å². The molecule has 6 heteroatoms. The fourth-order valence-electron chi connectivity index (χ4n) is 9.54. The van der Waals surface area contributed by atoms with Crippen LogP contribution in [0.25, 0.3) is 0 Å². The largest absolute Gasteiger partial charge is 0.462 e. The van der Waals surface area contributed by atoms with Gasteiger partial charge in [-0.25, -0.2) is 0 Å². The van der Waals surface area contributed by atoms with Crippen LogP contribution in [0.5, 0.6) is 0 Å². The molecule has 0 radical (unpaired) electrons. The summed E-state index contributed by atoms with van der Waals surface area (Å²) in [5.74, 6) is -0.868. The van der Waals surface area contributed by atoms with Crippen LogP contribution in [0.15, 0.2) is 60.8 Å². The van der Waals surface area contributed by atoms with Crippen LogP contribution in [0.1, 0.15) is 342 Å². The molecule has 0 saturated heterocycles. The first-order valence-corrected chi connectivity index (χ1v) is 32.8. The van der Waals surface area contributed by atoms with Crippen molar-refractivity contribution in [3.8, 4) is 0 Å². The van der Waals surface area contributed by atoms with Gasteiger partial charge in [-0.15, -0.1) is 0 Å². The van der Waals surface area contributed by atoms with Crippen molar-refractivity contribution in [3.63, 3.8) is 0 Å². The summed E-state index contributed by atoms with van der Waals surface area (Å²) in [5.41, 5.74) is 0. The van der Waals surface area contributed by atoms with Crippen molar-refractivity contribution in [2.24, 2.45) is 0 Å². The van der Waals surface area contributed by atoms with Gasteiger partial charge in [0.05, 0.1) is 0 Å². The van der Waals surface area contributed by atoms with Crippen LogP contribution in [-0.4, -0.2) is 37.2 Å². The number of hydrogen-bond acceptors (Lipinski definition) is 6. The molecule has 0 aromatic carbocycles. The second kappa shape index (κ2) is 63.6. The molecule has 6 nitrogen and oxygen atoms in total. The minimum atomic E-state index is -0.779. The predicted octanol–water partition coefficient (Wildman–Crippen LogP) is 22.3. The number of esters is 3. The number of carbonyl (C=O) groups excluding carboxylic acids is 3. The lowest BCUT2D eigenvalue weighted by molar-refractivity contribution is -0.167. The monoisotopic (exact) mass is 1050 g/mol. The molecule has 1 atom stereocenters. The maximum absolute atomic E-state index is 12.9. The van der Waals surface area contributed by atoms with E-state index in [0.29, 0.717) is 19.3 Å². The molecule has 0 bridgehead atoms. The highest BCUT2D eigenvalue weighted by Crippen LogP contribution is 2.17. The molecule has 0 aromatic rings. The van der Waals surface area contributed by atoms with E-state index < -0.39 is 6.10 Å². The minimum absolute atomic E-state index is 0.0751. The van der Waals surface area contributed by atoms with Crippen molar-refractivity contribution >= 4 is 17.9 Å². The summed E-state index contributed by atoms with van der Waals surface area (Å²) in [6.45, 7) is 6.65. The van der Waals surface area contributed by atoms with Crippen molar-refractivity contribution in [3.05, 3.63) is 60.8 Å². The molecule has 0 heterocycles. The Labute approximate surface area is 466 Å². The van der Waals surface area contributed by atoms with E-state index in [-0.39, 0.29) is 31.1 Å². The predicted molar refractivity (Wildman–Crippen MR) is 325 cm³/mol. The average molecular weight is 1050 g/mol. The Hall–Kier alpha value is -2.89. The van der Waals surface area contributed by atoms with Gasteiger partial charge in [-0.1, -0.05) is 293 Å². The van der Waals surface area contributed by atoms with Crippen LogP contribution >= 0.6 is 0 Å². The molecule has 0 aliphatic carbocycles. The normalized spacial score (nSPS) is 12.4. The van der Waals surface area contributed by atoms with E-state index in [2.05, 4.69) is 81.5 Å². The lowest BCUT2D eigenvalue weighted by atomic mass is 10.0. The van der Waals surface area contributed by atoms with E-state index in [4.69, 9.17) is 14.2 Å². The van der Waals surface area contributed by atoms with Crippen LogP contribution in [0, 0.1) is 0 Å². The number of allylic oxidation sites excluding steroid dienone is 10. The molecule has 75 heavy (non-hydrogen) atoms. The first kappa shape index (κ1) is 72.1. The van der Waals surface area contributed by atoms with E-state index >= 15 is 0 Å². The zero-order chi connectivity index (χ0) is 54.3. The molecule has 1 unspecified atom stereocenters. The van der Waals surface area contributed by atoms with Crippen LogP contribution in [0.2, 0.25) is 0 Å². The Kier molecular flexibility index (Phi) is 61.2. The highest BCUT2D eigenvalue weighted by molar-refractivity contribution is 5.71. The van der Waals surface area contributed by atoms with Gasteiger partial charge in [-0.3, -0.25) is 14.4 Å². The SMILES string of the molecule is CCCCCCC/C=C\C/C=C\C/C=C\CCCCCCCCCCC(=O)OCC(COC(=O)CCCCCCCCCCCCCCC)OC(=O)CCCCCCCCCCC/C=C\C/C=C\CCCCCCC. The molecule has 0 aliphatic heterocycles. The summed E-state index contributed by atoms with van der Waals surface area (Å²) >= 11 is 0. The number of carbonyl (C=O) groups is 3. The summed E-state index contributed by atoms with van der Waals surface area (Å²) in [6.07, 6.45) is 80.8. The van der Waals surface area contributed by atoms with Crippen molar-refractivity contribution in [1.82, 2.24) is 0 Å². The Morgan fingerprint density at radius 2 is 0.480 bits per heavy atom. The van der Waals surface area contributed by atoms with E-state index in [1.54, 1.807) is 0 Å². The quantitative estimate of drug-likeness (QED) is 0.0261. The second-order valence-corrected chi connectivity index (χ2v) is 22.0. The summed E-state index contributed by atoms with van der Waals surface area (Å²) in [6, 6.07) is 0. The molecule has 0 rings (SSSR count). The van der Waals surface area contributed by atoms with Crippen LogP contribution in [0.4, 0.5) is 0 Å². The fourth-order valence-corrected chi connectivity index (χ4v) is 9.54. The number of hydrogen-bond donors (Lipinski definition) is 0. The fraction of sp³-hybridized carbons (Fsp3) is 0.812. The third kappa shape index (κ3) is 61.8. The zero-order valence-corrected chi connectivity index (χ0v) is 50.1. The summed E-state index contributed by atoms with van der Waals surface area (Å²) < 4.78 is 16.9. The average Bonchev–Trinajstić information content (AvgIpc) is 3.41. The van der Waals surface area contributed by atoms with Crippen LogP contribution in [-0.2, 0) is 28.6 Å². The maximum atomic E-state index is 12.9. The van der Waals surface area contributed by atoms with E-state index in [1.807, 2.05) is 0 Å². The van der Waals surface area contributed by atoms with Gasteiger partial charge in [0.1, 0.15) is 13.2 Å². The molecule has 0 amide bonds. The number of ether oxygens (including phenoxy) is 3. The van der Waals surface area contributed by atoms with Gasteiger partial charge in [0, 0.05) is 19.3 Å². The van der Waals surface area contributed by atoms with Gasteiger partial charge < -0.3 is 14.2 Å². The Morgan fingerprint density at radius 1 is 0.267 bits per heavy atom. The molecule has 0 aromatic heterocycles. The smallest absolute Gasteiger partial charge is 0.306 e. The summed E-state index contributed by atoms with van der Waals surface area (Å²) in [4.78, 5) is 38.3. The molecule has 0 spiro atoms. The highest BCUT2D eigenvalue weighted by atomic mass is 16.6. The minimum Gasteiger partial charge on any atom is -0.462 e. The third-order valence-corrected chi connectivity index (χ3v) is 14.5. The Morgan fingerprint density at radius 3 is 0.747 bits per heavy atom. The van der Waals surface area contributed by atoms with Gasteiger partial charge >= 0.3 is 17.9 Å². The Balaban J connectivity index is 4.33. The van der Waals surface area contributed by atoms with Crippen LogP contribution < -0.4 is 0 Å². The van der Waals surface area contributed by atoms with Crippen molar-refractivity contribution in [2.75, 3.05) is 13.2 Å². The lowest BCUT2D eigenvalue weighted by Crippen LogP contribution is -2.30. The molecular formula is C69H124O6. The molecule has 436 valence electrons. The first-order valence-electron chi connectivity index (χ1n) is 32.8. The number of unbranched alkanes of at least 4 members (excludes halogenated alkanes) is 39. The molecule has 0 aliphatic rings. The maximum Gasteiger partial charge on any atom is 0.306 e. The molecule has 0 fully saturated rings. The van der Waals surface area contributed by atoms with Crippen molar-refractivity contribution in [2.45, 2.75) is 348 Å². The van der Waals surface area contributed by atoms with Gasteiger partial charge in [-0.05, 0) is 89.9 Å². The van der Waals surface area contributed by atoms with E-state index in [0.717, 1.165) is 83.5 Å². The van der Waals surface area contributed by atoms with Gasteiger partial charge in [-0.2, -0.15) is 0 Å². The Bertz CT molecular complexity index is 1340. The highest BCUT2D eigenvalue weighted by Gasteiger charge is 2.19. The topological polar surface area (TPSA) is 78.9 Å². The van der Waals surface area contributed by atoms with Gasteiger partial charge in [0.25, 0.3) is 0 Å². The van der Waals surface area contributed by atoms with Gasteiger partial charge in [0.15, 0.2) is 6.10 Å². The first-order chi connectivity index (χ1) is 37.0. The second-order valence-electron chi connectivity index (χ2n) is 22.0. The summed E-state index contributed by atoms with van der Waals surface area (Å²) in [5, 5.41) is 0. The standard InChI is InChI=1S/C69H124O6/c1-4-7-10-13-16-19-22-25-27-29-31-33-34-36-37-39-41-44-47-50-53-56-59-62-68(71)74-65-66(64-73-67(70)61-58-55-52-49-46-43-24-21-18-15-12-9-6-3)75-69(72)63-60-57-54-51-48-45-42-40-38-35-32-30-28-26-23-20-17-14-11-8-5-2/h22-23,25-26,29-32,34,36,66H,4-21,24,27-28,33,35,37-65H2,1-3H3/b25-22-,26-23-,31-29-,32-30-,36-34-. The molecule has 0 saturated carbocycles. The van der Waals surface area contributed by atoms with Crippen LogP contribution in [0.3, 0.4) is 0 Å². The van der Waals surface area contributed by atoms with Gasteiger partial charge in [0.2, 0.25) is 0 Å². The van der Waals surface area contributed by atoms with E-state index in [9.17, 15) is 14.4 Å². The zero-order valence-electron chi connectivity index (χ0n) is 50.1. The van der Waals surface area contributed by atoms with Crippen molar-refractivity contribution in [1.29, 1.82) is 0 Å². The molecule has 0 N–H and O–H groups in total. The molecular weight excluding hydrogens is 925 g/mol. The summed E-state index contributed by atoms with van der Waals surface area (Å²) in [7, 11) is 0. The third-order valence-electron chi connectivity index (χ3n) is 14.5. The van der Waals surface area contributed by atoms with E-state index in [1.165, 1.54) is 218 Å². The number of rotatable bonds is 60.